The topological polar surface area (TPSA) is 0 Å². The van der Waals surface area contributed by atoms with Crippen LogP contribution >= 0.6 is 10.1 Å². The maximum atomic E-state index is 11.7. The molecule has 10 heavy (non-hydrogen) atoms. The van der Waals surface area contributed by atoms with Crippen molar-refractivity contribution in [3.63, 3.8) is 0 Å². The van der Waals surface area contributed by atoms with Gasteiger partial charge in [0.2, 0.25) is 0 Å². The first-order chi connectivity index (χ1) is 4.49. The van der Waals surface area contributed by atoms with Crippen molar-refractivity contribution in [3.8, 4) is 0 Å². The lowest BCUT2D eigenvalue weighted by Crippen LogP contribution is -2.13. The molecule has 0 aromatic rings. The van der Waals surface area contributed by atoms with Crippen LogP contribution in [0.1, 0.15) is 13.8 Å². The molecule has 0 aliphatic carbocycles. The molecule has 0 aromatic carbocycles. The van der Waals surface area contributed by atoms with Crippen LogP contribution in [0.2, 0.25) is 10.6 Å². The number of hydrogen-bond donors (Lipinski definition) is 0. The number of alkyl halides is 3. The first kappa shape index (κ1) is 10.7. The van der Waals surface area contributed by atoms with E-state index in [1.165, 1.54) is 0 Å². The molecule has 0 radical (unpaired) electrons. The highest BCUT2D eigenvalue weighted by atomic mass is 32.3. The molecule has 0 aliphatic rings. The summed E-state index contributed by atoms with van der Waals surface area (Å²) in [6.45, 7) is 3.66. The summed E-state index contributed by atoms with van der Waals surface area (Å²) in [6, 6.07) is 0. The summed E-state index contributed by atoms with van der Waals surface area (Å²) in [7, 11) is 0.241. The van der Waals surface area contributed by atoms with E-state index in [4.69, 9.17) is 0 Å². The molecular weight excluding hydrogens is 176 g/mol. The van der Waals surface area contributed by atoms with Crippen molar-refractivity contribution in [2.45, 2.75) is 29.9 Å². The summed E-state index contributed by atoms with van der Waals surface area (Å²) in [4.78, 5) is 0. The zero-order chi connectivity index (χ0) is 8.20. The Bertz CT molecular complexity index is 89.4. The second-order valence-corrected chi connectivity index (χ2v) is 8.28. The molecule has 0 atom stereocenters. The zero-order valence-corrected chi connectivity index (χ0v) is 8.00. The largest absolute Gasteiger partial charge is 0.423 e. The predicted octanol–water partition coefficient (Wildman–Crippen LogP) is 3.27. The smallest absolute Gasteiger partial charge is 0.162 e. The Labute approximate surface area is 66.6 Å². The fraction of sp³-hybridized carbons (Fsp3) is 1.00. The molecule has 0 aliphatic heterocycles. The van der Waals surface area contributed by atoms with Crippen LogP contribution in [-0.2, 0) is 0 Å². The van der Waals surface area contributed by atoms with E-state index in [9.17, 15) is 13.2 Å². The van der Waals surface area contributed by atoms with Gasteiger partial charge in [-0.15, -0.1) is 0 Å². The first-order valence-corrected chi connectivity index (χ1v) is 7.16. The van der Waals surface area contributed by atoms with Gasteiger partial charge in [-0.3, -0.25) is 0 Å². The fourth-order valence-electron chi connectivity index (χ4n) is 0.644. The highest BCUT2D eigenvalue weighted by Crippen LogP contribution is 2.34. The van der Waals surface area contributed by atoms with Gasteiger partial charge in [0.05, 0.1) is 0 Å². The van der Waals surface area contributed by atoms with E-state index in [1.54, 1.807) is 0 Å². The summed E-state index contributed by atoms with van der Waals surface area (Å²) in [6.07, 6.45) is 0. The first-order valence-electron chi connectivity index (χ1n) is 3.24. The highest BCUT2D eigenvalue weighted by Gasteiger charge is 2.33. The fourth-order valence-corrected chi connectivity index (χ4v) is 4.07. The van der Waals surface area contributed by atoms with E-state index in [0.717, 1.165) is 10.6 Å². The Balaban J connectivity index is 3.63. The van der Waals surface area contributed by atoms with Crippen molar-refractivity contribution < 1.29 is 13.2 Å². The van der Waals surface area contributed by atoms with E-state index in [-0.39, 0.29) is 10.1 Å². The van der Waals surface area contributed by atoms with Crippen LogP contribution in [-0.4, -0.2) is 18.5 Å². The van der Waals surface area contributed by atoms with E-state index in [2.05, 4.69) is 0 Å². The highest BCUT2D eigenvalue weighted by molar-refractivity contribution is 8.26. The van der Waals surface area contributed by atoms with Gasteiger partial charge in [-0.05, 0) is 0 Å². The van der Waals surface area contributed by atoms with Gasteiger partial charge in [-0.25, -0.2) is 0 Å². The minimum atomic E-state index is -4.00. The number of rotatable bonds is 3. The number of halogens is 3. The Morgan fingerprint density at radius 2 is 1.60 bits per heavy atom. The third kappa shape index (κ3) is 5.46. The van der Waals surface area contributed by atoms with Gasteiger partial charge in [0.15, 0.2) is 0 Å². The Morgan fingerprint density at radius 3 is 1.70 bits per heavy atom. The summed E-state index contributed by atoms with van der Waals surface area (Å²) >= 11 is -1.53. The van der Waals surface area contributed by atoms with Crippen molar-refractivity contribution in [3.05, 3.63) is 0 Å². The summed E-state index contributed by atoms with van der Waals surface area (Å²) in [5.74, 6) is 0. The molecule has 0 spiro atoms. The van der Waals surface area contributed by atoms with E-state index < -0.39 is 18.5 Å². The molecule has 60 valence electrons. The summed E-state index contributed by atoms with van der Waals surface area (Å²) in [5, 5.41) is 1.45. The Morgan fingerprint density at radius 1 is 1.20 bits per heavy atom. The Kier molecular flexibility index (Phi) is 4.83. The van der Waals surface area contributed by atoms with Gasteiger partial charge in [0.1, 0.15) is 0 Å². The van der Waals surface area contributed by atoms with Gasteiger partial charge < -0.3 is 0 Å². The normalized spacial score (nSPS) is 11.7. The molecule has 0 saturated heterocycles. The molecule has 0 fully saturated rings. The lowest BCUT2D eigenvalue weighted by molar-refractivity contribution is -0.0314. The van der Waals surface area contributed by atoms with Crippen LogP contribution in [0.4, 0.5) is 13.2 Å². The van der Waals surface area contributed by atoms with E-state index >= 15 is 0 Å². The SMILES string of the molecule is C[CH2][Al]([CH2]C)[S]C(F)(F)F. The van der Waals surface area contributed by atoms with Crippen LogP contribution < -0.4 is 0 Å². The van der Waals surface area contributed by atoms with Gasteiger partial charge >= 0.3 is 18.5 Å². The minimum absolute atomic E-state index is 0.241. The van der Waals surface area contributed by atoms with Gasteiger partial charge in [-0.2, -0.15) is 23.3 Å². The molecular formula is C5H10AlF3S. The number of hydrogen-bond acceptors (Lipinski definition) is 1. The average Bonchev–Trinajstić information content (AvgIpc) is 1.81. The van der Waals surface area contributed by atoms with E-state index in [0.29, 0.717) is 0 Å². The molecule has 0 unspecified atom stereocenters. The molecule has 0 amide bonds. The third-order valence-electron chi connectivity index (χ3n) is 1.21. The second kappa shape index (κ2) is 4.53. The van der Waals surface area contributed by atoms with Crippen LogP contribution in [0.25, 0.3) is 0 Å². The molecule has 0 bridgehead atoms. The molecule has 0 saturated carbocycles. The Hall–Kier alpha value is 0.672. The van der Waals surface area contributed by atoms with Crippen molar-refractivity contribution in [2.75, 3.05) is 0 Å². The molecule has 0 heterocycles. The average molecular weight is 186 g/mol. The van der Waals surface area contributed by atoms with Gasteiger partial charge in [0, 0.05) is 0 Å². The van der Waals surface area contributed by atoms with Crippen molar-refractivity contribution in [2.24, 2.45) is 0 Å². The molecule has 0 rings (SSSR count). The third-order valence-corrected chi connectivity index (χ3v) is 7.43. The van der Waals surface area contributed by atoms with Gasteiger partial charge in [0.25, 0.3) is 0 Å². The van der Waals surface area contributed by atoms with Crippen LogP contribution in [0.3, 0.4) is 0 Å². The van der Waals surface area contributed by atoms with E-state index in [1.807, 2.05) is 13.8 Å². The zero-order valence-electron chi connectivity index (χ0n) is 6.03. The van der Waals surface area contributed by atoms with Crippen LogP contribution in [0.5, 0.6) is 0 Å². The van der Waals surface area contributed by atoms with Crippen LogP contribution in [0.15, 0.2) is 0 Å². The summed E-state index contributed by atoms with van der Waals surface area (Å²) in [5.41, 5.74) is -4.00. The maximum Gasteiger partial charge on any atom is 0.423 e. The quantitative estimate of drug-likeness (QED) is 0.609. The van der Waals surface area contributed by atoms with Crippen molar-refractivity contribution in [1.29, 1.82) is 0 Å². The van der Waals surface area contributed by atoms with Gasteiger partial charge in [-0.1, -0.05) is 24.4 Å². The standard InChI is InChI=1S/2C2H5.CHF3S.Al/c2*1-2;2-1(3,4)5;/h2*1H2,2H3;5H;/q;;;+1/p-1. The monoisotopic (exact) mass is 186 g/mol. The maximum absolute atomic E-state index is 11.7. The molecule has 5 heteroatoms. The molecule has 0 aromatic heterocycles. The summed E-state index contributed by atoms with van der Waals surface area (Å²) < 4.78 is 35.0. The molecule has 0 N–H and O–H groups in total. The minimum Gasteiger partial charge on any atom is -0.162 e. The lowest BCUT2D eigenvalue weighted by Gasteiger charge is -2.09. The lowest BCUT2D eigenvalue weighted by atomic mass is 10.9. The van der Waals surface area contributed by atoms with Crippen LogP contribution in [0, 0.1) is 0 Å². The predicted molar refractivity (Wildman–Crippen MR) is 40.4 cm³/mol. The second-order valence-electron chi connectivity index (χ2n) is 2.00. The van der Waals surface area contributed by atoms with Crippen molar-refractivity contribution in [1.82, 2.24) is 0 Å². The molecule has 0 nitrogen and oxygen atoms in total. The van der Waals surface area contributed by atoms with Crippen molar-refractivity contribution >= 4 is 23.1 Å².